The summed E-state index contributed by atoms with van der Waals surface area (Å²) < 4.78 is 10.4. The normalized spacial score (nSPS) is 10.1. The second-order valence-corrected chi connectivity index (χ2v) is 3.63. The summed E-state index contributed by atoms with van der Waals surface area (Å²) in [6, 6.07) is 3.04. The molecule has 0 aliphatic carbocycles. The number of phenols is 1. The Morgan fingerprint density at radius 3 is 2.59 bits per heavy atom. The van der Waals surface area contributed by atoms with Crippen molar-refractivity contribution in [1.29, 1.82) is 0 Å². The van der Waals surface area contributed by atoms with E-state index in [1.807, 2.05) is 13.8 Å². The number of methoxy groups -OCH3 is 1. The van der Waals surface area contributed by atoms with E-state index >= 15 is 0 Å². The number of benzene rings is 1. The van der Waals surface area contributed by atoms with Gasteiger partial charge in [-0.05, 0) is 13.3 Å². The molecule has 0 aliphatic rings. The fourth-order valence-electron chi connectivity index (χ4n) is 1.60. The van der Waals surface area contributed by atoms with Gasteiger partial charge in [0.05, 0.1) is 13.7 Å². The van der Waals surface area contributed by atoms with Crippen molar-refractivity contribution in [2.75, 3.05) is 13.7 Å². The highest BCUT2D eigenvalue weighted by atomic mass is 16.5. The second kappa shape index (κ2) is 6.13. The van der Waals surface area contributed by atoms with Crippen LogP contribution in [-0.2, 0) is 0 Å². The van der Waals surface area contributed by atoms with Crippen LogP contribution in [-0.4, -0.2) is 24.6 Å². The molecule has 1 rings (SSSR count). The van der Waals surface area contributed by atoms with Crippen LogP contribution in [0.3, 0.4) is 0 Å². The third-order valence-electron chi connectivity index (χ3n) is 2.35. The number of rotatable bonds is 6. The summed E-state index contributed by atoms with van der Waals surface area (Å²) >= 11 is 0. The summed E-state index contributed by atoms with van der Waals surface area (Å²) in [6.07, 6.45) is 1.12. The minimum absolute atomic E-state index is 0.0914. The van der Waals surface area contributed by atoms with Crippen molar-refractivity contribution in [2.45, 2.75) is 26.7 Å². The van der Waals surface area contributed by atoms with Crippen LogP contribution >= 0.6 is 0 Å². The Hall–Kier alpha value is -1.71. The molecule has 94 valence electrons. The first-order valence-corrected chi connectivity index (χ1v) is 5.71. The first-order valence-electron chi connectivity index (χ1n) is 5.71. The van der Waals surface area contributed by atoms with Crippen LogP contribution in [0.25, 0.3) is 0 Å². The van der Waals surface area contributed by atoms with E-state index in [0.717, 1.165) is 6.42 Å². The number of ether oxygens (including phenoxy) is 2. The molecule has 0 saturated heterocycles. The van der Waals surface area contributed by atoms with Gasteiger partial charge in [-0.1, -0.05) is 6.92 Å². The fourth-order valence-corrected chi connectivity index (χ4v) is 1.60. The van der Waals surface area contributed by atoms with Crippen molar-refractivity contribution in [2.24, 2.45) is 0 Å². The standard InChI is InChI=1S/C13H18O4/c1-4-6-10(14)13-11(15)7-9(16-3)8-12(13)17-5-2/h7-8,15H,4-6H2,1-3H3. The molecule has 0 amide bonds. The van der Waals surface area contributed by atoms with Crippen LogP contribution in [0.15, 0.2) is 12.1 Å². The van der Waals surface area contributed by atoms with Crippen LogP contribution in [0.4, 0.5) is 0 Å². The summed E-state index contributed by atoms with van der Waals surface area (Å²) in [7, 11) is 1.50. The minimum Gasteiger partial charge on any atom is -0.507 e. The topological polar surface area (TPSA) is 55.8 Å². The molecule has 1 aromatic rings. The van der Waals surface area contributed by atoms with Gasteiger partial charge in [0.2, 0.25) is 0 Å². The Balaban J connectivity index is 3.20. The van der Waals surface area contributed by atoms with Crippen molar-refractivity contribution >= 4 is 5.78 Å². The van der Waals surface area contributed by atoms with Gasteiger partial charge in [-0.15, -0.1) is 0 Å². The molecular weight excluding hydrogens is 220 g/mol. The van der Waals surface area contributed by atoms with Gasteiger partial charge in [0.1, 0.15) is 22.8 Å². The number of hydrogen-bond acceptors (Lipinski definition) is 4. The molecule has 0 heterocycles. The SMILES string of the molecule is CCCC(=O)c1c(O)cc(OC)cc1OCC. The number of ketones is 1. The predicted molar refractivity (Wildman–Crippen MR) is 65.1 cm³/mol. The largest absolute Gasteiger partial charge is 0.507 e. The Bertz CT molecular complexity index is 399. The highest BCUT2D eigenvalue weighted by Gasteiger charge is 2.18. The Labute approximate surface area is 101 Å². The zero-order valence-electron chi connectivity index (χ0n) is 10.4. The summed E-state index contributed by atoms with van der Waals surface area (Å²) in [4.78, 5) is 11.9. The Morgan fingerprint density at radius 2 is 2.06 bits per heavy atom. The lowest BCUT2D eigenvalue weighted by Crippen LogP contribution is -2.04. The van der Waals surface area contributed by atoms with Crippen molar-refractivity contribution in [3.63, 3.8) is 0 Å². The number of carbonyl (C=O) groups excluding carboxylic acids is 1. The fraction of sp³-hybridized carbons (Fsp3) is 0.462. The lowest BCUT2D eigenvalue weighted by atomic mass is 10.0. The van der Waals surface area contributed by atoms with E-state index in [1.54, 1.807) is 6.07 Å². The van der Waals surface area contributed by atoms with Gasteiger partial charge >= 0.3 is 0 Å². The average Bonchev–Trinajstić information content (AvgIpc) is 2.29. The highest BCUT2D eigenvalue weighted by Crippen LogP contribution is 2.34. The van der Waals surface area contributed by atoms with E-state index in [0.29, 0.717) is 24.5 Å². The molecule has 1 aromatic carbocycles. The van der Waals surface area contributed by atoms with E-state index in [4.69, 9.17) is 9.47 Å². The molecule has 4 heteroatoms. The van der Waals surface area contributed by atoms with Gasteiger partial charge < -0.3 is 14.6 Å². The van der Waals surface area contributed by atoms with Gasteiger partial charge in [-0.2, -0.15) is 0 Å². The molecule has 0 saturated carbocycles. The van der Waals surface area contributed by atoms with Gasteiger partial charge in [0, 0.05) is 18.6 Å². The quantitative estimate of drug-likeness (QED) is 0.774. The predicted octanol–water partition coefficient (Wildman–Crippen LogP) is 2.78. The van der Waals surface area contributed by atoms with Crippen molar-refractivity contribution in [1.82, 2.24) is 0 Å². The molecule has 0 spiro atoms. The average molecular weight is 238 g/mol. The number of hydrogen-bond donors (Lipinski definition) is 1. The number of carbonyl (C=O) groups is 1. The Morgan fingerprint density at radius 1 is 1.35 bits per heavy atom. The van der Waals surface area contributed by atoms with Crippen LogP contribution in [0, 0.1) is 0 Å². The summed E-state index contributed by atoms with van der Waals surface area (Å²) in [5.74, 6) is 0.643. The minimum atomic E-state index is -0.115. The smallest absolute Gasteiger partial charge is 0.170 e. The molecule has 0 bridgehead atoms. The van der Waals surface area contributed by atoms with Crippen LogP contribution in [0.2, 0.25) is 0 Å². The zero-order valence-corrected chi connectivity index (χ0v) is 10.4. The molecule has 0 unspecified atom stereocenters. The maximum Gasteiger partial charge on any atom is 0.170 e. The number of Topliss-reactive ketones (excluding diaryl/α,β-unsaturated/α-hetero) is 1. The second-order valence-electron chi connectivity index (χ2n) is 3.63. The zero-order chi connectivity index (χ0) is 12.8. The van der Waals surface area contributed by atoms with Crippen molar-refractivity contribution < 1.29 is 19.4 Å². The summed E-state index contributed by atoms with van der Waals surface area (Å²) in [6.45, 7) is 4.17. The molecular formula is C13H18O4. The van der Waals surface area contributed by atoms with E-state index in [-0.39, 0.29) is 17.1 Å². The lowest BCUT2D eigenvalue weighted by Gasteiger charge is -2.12. The van der Waals surface area contributed by atoms with Crippen LogP contribution in [0.1, 0.15) is 37.0 Å². The maximum atomic E-state index is 11.9. The van der Waals surface area contributed by atoms with Gasteiger partial charge in [0.25, 0.3) is 0 Å². The monoisotopic (exact) mass is 238 g/mol. The highest BCUT2D eigenvalue weighted by molar-refractivity contribution is 6.01. The van der Waals surface area contributed by atoms with E-state index in [1.165, 1.54) is 13.2 Å². The van der Waals surface area contributed by atoms with Gasteiger partial charge in [-0.3, -0.25) is 4.79 Å². The molecule has 4 nitrogen and oxygen atoms in total. The van der Waals surface area contributed by atoms with E-state index in [9.17, 15) is 9.90 Å². The molecule has 17 heavy (non-hydrogen) atoms. The third kappa shape index (κ3) is 3.12. The molecule has 1 N–H and O–H groups in total. The number of phenolic OH excluding ortho intramolecular Hbond substituents is 1. The molecule has 0 radical (unpaired) electrons. The lowest BCUT2D eigenvalue weighted by molar-refractivity contribution is 0.0975. The van der Waals surface area contributed by atoms with Crippen molar-refractivity contribution in [3.05, 3.63) is 17.7 Å². The van der Waals surface area contributed by atoms with Gasteiger partial charge in [-0.25, -0.2) is 0 Å². The molecule has 0 aromatic heterocycles. The molecule has 0 atom stereocenters. The molecule has 0 aliphatic heterocycles. The number of aromatic hydroxyl groups is 1. The summed E-state index contributed by atoms with van der Waals surface area (Å²) in [5, 5.41) is 9.85. The maximum absolute atomic E-state index is 11.9. The molecule has 0 fully saturated rings. The van der Waals surface area contributed by atoms with E-state index < -0.39 is 0 Å². The van der Waals surface area contributed by atoms with Crippen LogP contribution < -0.4 is 9.47 Å². The first-order chi connectivity index (χ1) is 8.13. The van der Waals surface area contributed by atoms with Crippen LogP contribution in [0.5, 0.6) is 17.2 Å². The van der Waals surface area contributed by atoms with Crippen molar-refractivity contribution in [3.8, 4) is 17.2 Å². The summed E-state index contributed by atoms with van der Waals surface area (Å²) in [5.41, 5.74) is 0.245. The van der Waals surface area contributed by atoms with Gasteiger partial charge in [0.15, 0.2) is 5.78 Å². The third-order valence-corrected chi connectivity index (χ3v) is 2.35. The Kier molecular flexibility index (Phi) is 4.82. The van der Waals surface area contributed by atoms with E-state index in [2.05, 4.69) is 0 Å². The first kappa shape index (κ1) is 13.4.